The number of aliphatic hydroxyl groups is 1. The van der Waals surface area contributed by atoms with E-state index in [2.05, 4.69) is 0 Å². The zero-order chi connectivity index (χ0) is 23.1. The number of carbonyl (C=O) groups is 2. The van der Waals surface area contributed by atoms with Crippen LogP contribution in [0.15, 0.2) is 23.8 Å². The van der Waals surface area contributed by atoms with Crippen molar-refractivity contribution in [2.75, 3.05) is 0 Å². The van der Waals surface area contributed by atoms with Crippen LogP contribution in [0.1, 0.15) is 53.9 Å². The van der Waals surface area contributed by atoms with Gasteiger partial charge in [0.05, 0.1) is 6.10 Å². The predicted molar refractivity (Wildman–Crippen MR) is 116 cm³/mol. The van der Waals surface area contributed by atoms with Crippen LogP contribution in [0.25, 0.3) is 0 Å². The first-order valence-electron chi connectivity index (χ1n) is 10.9. The van der Waals surface area contributed by atoms with E-state index < -0.39 is 46.3 Å². The van der Waals surface area contributed by atoms with Crippen molar-refractivity contribution in [2.24, 2.45) is 28.6 Å². The lowest BCUT2D eigenvalue weighted by Crippen LogP contribution is -2.70. The molecule has 170 valence electrons. The van der Waals surface area contributed by atoms with Crippen LogP contribution in [0.4, 0.5) is 8.78 Å². The van der Waals surface area contributed by atoms with Crippen molar-refractivity contribution in [3.05, 3.63) is 23.8 Å². The minimum absolute atomic E-state index is 0.0257. The fourth-order valence-corrected chi connectivity index (χ4v) is 8.27. The van der Waals surface area contributed by atoms with E-state index in [-0.39, 0.29) is 36.0 Å². The summed E-state index contributed by atoms with van der Waals surface area (Å²) in [5.74, 6) is -2.22. The molecule has 4 rings (SSSR count). The van der Waals surface area contributed by atoms with Gasteiger partial charge in [-0.15, -0.1) is 0 Å². The molecule has 0 aliphatic heterocycles. The normalized spacial score (nSPS) is 50.8. The summed E-state index contributed by atoms with van der Waals surface area (Å²) in [6.45, 7) is 8.44. The molecule has 0 bridgehead atoms. The van der Waals surface area contributed by atoms with Crippen LogP contribution in [0, 0.1) is 28.6 Å². The summed E-state index contributed by atoms with van der Waals surface area (Å²) in [4.78, 5) is 24.5. The lowest BCUT2D eigenvalue weighted by Gasteiger charge is -2.63. The Kier molecular flexibility index (Phi) is 4.96. The highest BCUT2D eigenvalue weighted by atomic mass is 32.1. The lowest BCUT2D eigenvalue weighted by atomic mass is 9.44. The van der Waals surface area contributed by atoms with E-state index in [0.717, 1.165) is 0 Å². The van der Waals surface area contributed by atoms with Crippen LogP contribution < -0.4 is 0 Å². The van der Waals surface area contributed by atoms with Crippen molar-refractivity contribution in [3.63, 3.8) is 0 Å². The number of fused-ring (bicyclic) bond motifs is 5. The summed E-state index contributed by atoms with van der Waals surface area (Å²) in [6.07, 6.45) is 1.35. The second-order valence-electron chi connectivity index (χ2n) is 10.4. The zero-order valence-electron chi connectivity index (χ0n) is 18.6. The Morgan fingerprint density at radius 2 is 1.90 bits per heavy atom. The van der Waals surface area contributed by atoms with Crippen molar-refractivity contribution >= 4 is 28.8 Å². The molecule has 0 heterocycles. The van der Waals surface area contributed by atoms with Crippen LogP contribution in [-0.4, -0.2) is 45.3 Å². The number of rotatable bonds is 2. The van der Waals surface area contributed by atoms with Gasteiger partial charge in [-0.25, -0.2) is 8.78 Å². The molecule has 4 nitrogen and oxygen atoms in total. The molecule has 1 unspecified atom stereocenters. The lowest BCUT2D eigenvalue weighted by molar-refractivity contribution is -0.220. The Bertz CT molecular complexity index is 931. The number of ether oxygens (including phenoxy) is 1. The number of hydrogen-bond donors (Lipinski definition) is 1. The number of ketones is 1. The third-order valence-corrected chi connectivity index (χ3v) is 9.30. The maximum Gasteiger partial charge on any atom is 0.303 e. The molecular weight excluding hydrogens is 422 g/mol. The molecule has 4 aliphatic rings. The molecule has 0 aromatic rings. The van der Waals surface area contributed by atoms with Gasteiger partial charge in [0.2, 0.25) is 0 Å². The summed E-state index contributed by atoms with van der Waals surface area (Å²) in [6, 6.07) is 0. The minimum atomic E-state index is -2.15. The molecule has 3 fully saturated rings. The van der Waals surface area contributed by atoms with Gasteiger partial charge in [-0.05, 0) is 56.8 Å². The molecule has 4 aliphatic carbocycles. The van der Waals surface area contributed by atoms with Crippen molar-refractivity contribution in [3.8, 4) is 0 Å². The molecule has 3 saturated carbocycles. The summed E-state index contributed by atoms with van der Waals surface area (Å²) in [5, 5.41) is 11.3. The van der Waals surface area contributed by atoms with Crippen molar-refractivity contribution in [2.45, 2.75) is 77.4 Å². The monoisotopic (exact) mass is 452 g/mol. The number of alkyl halides is 2. The Morgan fingerprint density at radius 1 is 1.26 bits per heavy atom. The van der Waals surface area contributed by atoms with Gasteiger partial charge < -0.3 is 9.84 Å². The van der Waals surface area contributed by atoms with E-state index in [1.807, 2.05) is 13.8 Å². The van der Waals surface area contributed by atoms with E-state index in [4.69, 9.17) is 17.0 Å². The average molecular weight is 453 g/mol. The van der Waals surface area contributed by atoms with Crippen LogP contribution in [0.3, 0.4) is 0 Å². The van der Waals surface area contributed by atoms with Gasteiger partial charge in [0.25, 0.3) is 0 Å². The molecule has 7 heteroatoms. The number of carbonyl (C=O) groups excluding carboxylic acids is 2. The average Bonchev–Trinajstić information content (AvgIpc) is 2.87. The minimum Gasteiger partial charge on any atom is -0.453 e. The van der Waals surface area contributed by atoms with Crippen molar-refractivity contribution < 1.29 is 28.2 Å². The molecule has 9 atom stereocenters. The maximum absolute atomic E-state index is 17.1. The van der Waals surface area contributed by atoms with Gasteiger partial charge in [-0.2, -0.15) is 0 Å². The standard InChI is InChI=1S/C24H30F2O4S/c1-12-8-16-17-10-19(25)18-9-15(28)6-7-21(18,4)23(17,26)20(29)11-22(16,5)24(12,13(2)31)30-14(3)27/h6-7,9,12,16-17,19-20,29H,8,10-11H2,1-5H3/t12-,16-,17-,19-,20?,21-,22-,23-,24-/m0/s1. The number of aliphatic hydroxyl groups excluding tert-OH is 1. The number of allylic oxidation sites excluding steroid dienone is 4. The molecule has 31 heavy (non-hydrogen) atoms. The number of esters is 1. The SMILES string of the molecule is CC(=O)O[C@]1(C(C)=S)[C@@H](C)C[C@H]2[C@@H]3C[C@H](F)C4=CC(=O)C=C[C@]4(C)[C@@]3(F)C(O)C[C@@]21C. The first kappa shape index (κ1) is 22.7. The van der Waals surface area contributed by atoms with Crippen LogP contribution in [-0.2, 0) is 14.3 Å². The number of thiocarbonyl (C=S) groups is 1. The quantitative estimate of drug-likeness (QED) is 0.502. The third kappa shape index (κ3) is 2.56. The van der Waals surface area contributed by atoms with Crippen molar-refractivity contribution in [1.82, 2.24) is 0 Å². The molecule has 1 N–H and O–H groups in total. The Morgan fingerprint density at radius 3 is 2.48 bits per heavy atom. The summed E-state index contributed by atoms with van der Waals surface area (Å²) < 4.78 is 38.5. The molecular formula is C24H30F2O4S. The molecule has 0 saturated heterocycles. The maximum atomic E-state index is 17.1. The van der Waals surface area contributed by atoms with Gasteiger partial charge in [0, 0.05) is 34.5 Å². The number of halogens is 2. The van der Waals surface area contributed by atoms with E-state index >= 15 is 8.78 Å². The first-order chi connectivity index (χ1) is 14.3. The second kappa shape index (κ2) is 6.77. The summed E-state index contributed by atoms with van der Waals surface area (Å²) >= 11 is 5.58. The van der Waals surface area contributed by atoms with Crippen LogP contribution in [0.5, 0.6) is 0 Å². The first-order valence-corrected chi connectivity index (χ1v) is 11.3. The molecule has 0 spiro atoms. The fraction of sp³-hybridized carbons (Fsp3) is 0.708. The topological polar surface area (TPSA) is 63.6 Å². The van der Waals surface area contributed by atoms with E-state index in [9.17, 15) is 14.7 Å². The van der Waals surface area contributed by atoms with Crippen LogP contribution >= 0.6 is 12.2 Å². The Hall–Kier alpha value is -1.47. The molecule has 0 aromatic heterocycles. The summed E-state index contributed by atoms with van der Waals surface area (Å²) in [7, 11) is 0. The van der Waals surface area contributed by atoms with E-state index in [0.29, 0.717) is 11.3 Å². The molecule has 0 radical (unpaired) electrons. The summed E-state index contributed by atoms with van der Waals surface area (Å²) in [5.41, 5.74) is -5.45. The van der Waals surface area contributed by atoms with Crippen LogP contribution in [0.2, 0.25) is 0 Å². The van der Waals surface area contributed by atoms with Crippen molar-refractivity contribution in [1.29, 1.82) is 0 Å². The largest absolute Gasteiger partial charge is 0.453 e. The highest BCUT2D eigenvalue weighted by Gasteiger charge is 2.76. The highest BCUT2D eigenvalue weighted by Crippen LogP contribution is 2.71. The zero-order valence-corrected chi connectivity index (χ0v) is 19.4. The van der Waals surface area contributed by atoms with Gasteiger partial charge in [0.15, 0.2) is 17.1 Å². The fourth-order valence-electron chi connectivity index (χ4n) is 7.79. The van der Waals surface area contributed by atoms with Gasteiger partial charge in [-0.1, -0.05) is 32.1 Å². The third-order valence-electron chi connectivity index (χ3n) is 9.00. The molecule has 0 amide bonds. The van der Waals surface area contributed by atoms with Gasteiger partial charge in [-0.3, -0.25) is 9.59 Å². The highest BCUT2D eigenvalue weighted by molar-refractivity contribution is 7.80. The second-order valence-corrected chi connectivity index (χ2v) is 11.0. The number of hydrogen-bond acceptors (Lipinski definition) is 5. The van der Waals surface area contributed by atoms with E-state index in [1.165, 1.54) is 25.2 Å². The molecule has 0 aromatic carbocycles. The van der Waals surface area contributed by atoms with Gasteiger partial charge in [0.1, 0.15) is 6.17 Å². The Balaban J connectivity index is 1.89. The van der Waals surface area contributed by atoms with Gasteiger partial charge >= 0.3 is 5.97 Å². The smallest absolute Gasteiger partial charge is 0.303 e. The van der Waals surface area contributed by atoms with E-state index in [1.54, 1.807) is 13.8 Å². The predicted octanol–water partition coefficient (Wildman–Crippen LogP) is 4.24. The Labute approximate surface area is 187 Å².